The van der Waals surface area contributed by atoms with Gasteiger partial charge in [-0.3, -0.25) is 4.79 Å². The van der Waals surface area contributed by atoms with Gasteiger partial charge in [-0.05, 0) is 36.7 Å². The Balaban J connectivity index is 2.03. The fourth-order valence-electron chi connectivity index (χ4n) is 1.76. The summed E-state index contributed by atoms with van der Waals surface area (Å²) in [5.74, 6) is 0. The van der Waals surface area contributed by atoms with Crippen molar-refractivity contribution in [3.8, 4) is 0 Å². The number of anilines is 1. The normalized spacial score (nSPS) is 11.1. The molecule has 0 unspecified atom stereocenters. The van der Waals surface area contributed by atoms with Crippen LogP contribution in [0.5, 0.6) is 0 Å². The number of aromatic nitrogens is 3. The van der Waals surface area contributed by atoms with Gasteiger partial charge >= 0.3 is 0 Å². The van der Waals surface area contributed by atoms with Crippen molar-refractivity contribution in [1.82, 2.24) is 14.8 Å². The zero-order valence-corrected chi connectivity index (χ0v) is 14.1. The van der Waals surface area contributed by atoms with Crippen LogP contribution in [0.2, 0.25) is 0 Å². The second-order valence-electron chi connectivity index (χ2n) is 4.78. The van der Waals surface area contributed by atoms with E-state index in [0.717, 1.165) is 29.4 Å². The van der Waals surface area contributed by atoms with Crippen molar-refractivity contribution < 1.29 is 0 Å². The van der Waals surface area contributed by atoms with Gasteiger partial charge in [0.2, 0.25) is 0 Å². The van der Waals surface area contributed by atoms with E-state index in [1.54, 1.807) is 17.5 Å². The predicted molar refractivity (Wildman–Crippen MR) is 85.6 cm³/mol. The van der Waals surface area contributed by atoms with Crippen molar-refractivity contribution in [3.63, 3.8) is 0 Å². The molecule has 108 valence electrons. The van der Waals surface area contributed by atoms with Crippen LogP contribution >= 0.6 is 27.3 Å². The fraction of sp³-hybridized carbons (Fsp3) is 0.462. The number of rotatable bonds is 5. The summed E-state index contributed by atoms with van der Waals surface area (Å²) < 4.78 is 1.98. The first-order valence-corrected chi connectivity index (χ1v) is 8.08. The van der Waals surface area contributed by atoms with Gasteiger partial charge in [0.15, 0.2) is 0 Å². The van der Waals surface area contributed by atoms with Crippen molar-refractivity contribution >= 4 is 33.0 Å². The maximum atomic E-state index is 12.1. The average molecular weight is 357 g/mol. The molecule has 1 N–H and O–H groups in total. The second kappa shape index (κ2) is 6.49. The Hall–Kier alpha value is -1.21. The second-order valence-corrected chi connectivity index (χ2v) is 6.51. The van der Waals surface area contributed by atoms with Gasteiger partial charge in [-0.15, -0.1) is 11.3 Å². The Bertz CT molecular complexity index is 650. The average Bonchev–Trinajstić information content (AvgIpc) is 2.80. The predicted octanol–water partition coefficient (Wildman–Crippen LogP) is 3.01. The largest absolute Gasteiger partial charge is 0.382 e. The monoisotopic (exact) mass is 356 g/mol. The molecule has 0 fully saturated rings. The number of nitrogens with one attached hydrogen (secondary N) is 1. The molecule has 20 heavy (non-hydrogen) atoms. The van der Waals surface area contributed by atoms with E-state index in [-0.39, 0.29) is 11.6 Å². The molecule has 0 aliphatic heterocycles. The van der Waals surface area contributed by atoms with E-state index in [1.807, 2.05) is 26.2 Å². The lowest BCUT2D eigenvalue weighted by Crippen LogP contribution is -2.26. The minimum absolute atomic E-state index is 0.0474. The van der Waals surface area contributed by atoms with E-state index in [1.165, 1.54) is 4.68 Å². The quantitative estimate of drug-likeness (QED) is 0.894. The molecule has 0 spiro atoms. The maximum absolute atomic E-state index is 12.1. The molecule has 0 bridgehead atoms. The van der Waals surface area contributed by atoms with Gasteiger partial charge in [0, 0.05) is 24.0 Å². The highest BCUT2D eigenvalue weighted by Gasteiger charge is 2.10. The number of hydrogen-bond acceptors (Lipinski definition) is 5. The van der Waals surface area contributed by atoms with Gasteiger partial charge in [-0.2, -0.15) is 5.10 Å². The van der Waals surface area contributed by atoms with Crippen LogP contribution in [0.25, 0.3) is 0 Å². The van der Waals surface area contributed by atoms with Crippen LogP contribution in [0.3, 0.4) is 0 Å². The van der Waals surface area contributed by atoms with Crippen LogP contribution in [0, 0.1) is 6.92 Å². The van der Waals surface area contributed by atoms with Crippen LogP contribution in [-0.4, -0.2) is 21.3 Å². The van der Waals surface area contributed by atoms with E-state index >= 15 is 0 Å². The number of hydrogen-bond donors (Lipinski definition) is 1. The molecule has 5 nitrogen and oxygen atoms in total. The fourth-order valence-corrected chi connectivity index (χ4v) is 2.96. The van der Waals surface area contributed by atoms with Gasteiger partial charge in [0.1, 0.15) is 4.47 Å². The number of halogens is 1. The number of thiazole rings is 1. The molecule has 2 aromatic heterocycles. The molecule has 2 rings (SSSR count). The van der Waals surface area contributed by atoms with Crippen LogP contribution in [0.1, 0.15) is 30.6 Å². The summed E-state index contributed by atoms with van der Waals surface area (Å²) in [5.41, 5.74) is 1.66. The van der Waals surface area contributed by atoms with E-state index in [0.29, 0.717) is 4.47 Å². The summed E-state index contributed by atoms with van der Waals surface area (Å²) in [4.78, 5) is 16.5. The maximum Gasteiger partial charge on any atom is 0.283 e. The molecule has 0 aromatic carbocycles. The van der Waals surface area contributed by atoms with Crippen molar-refractivity contribution in [2.75, 3.05) is 11.9 Å². The van der Waals surface area contributed by atoms with Crippen LogP contribution in [0.4, 0.5) is 5.69 Å². The van der Waals surface area contributed by atoms with Gasteiger partial charge < -0.3 is 5.32 Å². The molecule has 0 aliphatic rings. The van der Waals surface area contributed by atoms with Crippen molar-refractivity contribution in [2.24, 2.45) is 0 Å². The van der Waals surface area contributed by atoms with Gasteiger partial charge in [0.05, 0.1) is 22.9 Å². The lowest BCUT2D eigenvalue weighted by Gasteiger charge is -2.12. The summed E-state index contributed by atoms with van der Waals surface area (Å²) in [6.45, 7) is 6.56. The first-order chi connectivity index (χ1) is 9.49. The third-order valence-electron chi connectivity index (χ3n) is 2.75. The van der Waals surface area contributed by atoms with E-state index in [2.05, 4.69) is 31.3 Å². The summed E-state index contributed by atoms with van der Waals surface area (Å²) in [7, 11) is 0. The smallest absolute Gasteiger partial charge is 0.283 e. The van der Waals surface area contributed by atoms with Crippen LogP contribution in [0.15, 0.2) is 20.8 Å². The molecule has 0 saturated heterocycles. The Morgan fingerprint density at radius 3 is 2.85 bits per heavy atom. The third-order valence-corrected chi connectivity index (χ3v) is 4.55. The zero-order chi connectivity index (χ0) is 14.7. The molecule has 7 heteroatoms. The molecule has 0 aliphatic carbocycles. The molecule has 0 amide bonds. The minimum Gasteiger partial charge on any atom is -0.382 e. The van der Waals surface area contributed by atoms with Crippen molar-refractivity contribution in [1.29, 1.82) is 0 Å². The van der Waals surface area contributed by atoms with Gasteiger partial charge in [-0.25, -0.2) is 9.67 Å². The molecule has 0 saturated carbocycles. The molecule has 2 aromatic rings. The molecule has 0 atom stereocenters. The zero-order valence-electron chi connectivity index (χ0n) is 11.7. The first-order valence-electron chi connectivity index (χ1n) is 6.41. The topological polar surface area (TPSA) is 59.8 Å². The standard InChI is InChI=1S/C13H17BrN4OS/c1-8(2)18-13(19)12(14)10(6-16-18)15-5-4-11-17-9(3)7-20-11/h6-8,15H,4-5H2,1-3H3. The van der Waals surface area contributed by atoms with Crippen molar-refractivity contribution in [3.05, 3.63) is 37.1 Å². The Morgan fingerprint density at radius 2 is 2.25 bits per heavy atom. The van der Waals surface area contributed by atoms with Crippen molar-refractivity contribution in [2.45, 2.75) is 33.2 Å². The number of nitrogens with zero attached hydrogens (tertiary/aromatic N) is 3. The van der Waals surface area contributed by atoms with E-state index in [9.17, 15) is 4.79 Å². The minimum atomic E-state index is -0.116. The highest BCUT2D eigenvalue weighted by atomic mass is 79.9. The summed E-state index contributed by atoms with van der Waals surface area (Å²) >= 11 is 5.00. The van der Waals surface area contributed by atoms with Crippen LogP contribution in [-0.2, 0) is 6.42 Å². The molecule has 0 radical (unpaired) electrons. The molecular formula is C13H17BrN4OS. The van der Waals surface area contributed by atoms with Crippen LogP contribution < -0.4 is 10.9 Å². The first kappa shape index (κ1) is 15.2. The lowest BCUT2D eigenvalue weighted by molar-refractivity contribution is 0.501. The third kappa shape index (κ3) is 3.46. The SMILES string of the molecule is Cc1csc(CCNc2cnn(C(C)C)c(=O)c2Br)n1. The molecular weight excluding hydrogens is 340 g/mol. The number of aryl methyl sites for hydroxylation is 1. The van der Waals surface area contributed by atoms with E-state index in [4.69, 9.17) is 0 Å². The Morgan fingerprint density at radius 1 is 1.50 bits per heavy atom. The van der Waals surface area contributed by atoms with E-state index < -0.39 is 0 Å². The lowest BCUT2D eigenvalue weighted by atomic mass is 10.3. The summed E-state index contributed by atoms with van der Waals surface area (Å²) in [5, 5.41) is 10.5. The summed E-state index contributed by atoms with van der Waals surface area (Å²) in [6.07, 6.45) is 2.51. The summed E-state index contributed by atoms with van der Waals surface area (Å²) in [6, 6.07) is 0.0474. The van der Waals surface area contributed by atoms with Gasteiger partial charge in [-0.1, -0.05) is 0 Å². The Kier molecular flexibility index (Phi) is 4.93. The molecule has 2 heterocycles. The van der Waals surface area contributed by atoms with Gasteiger partial charge in [0.25, 0.3) is 5.56 Å². The highest BCUT2D eigenvalue weighted by Crippen LogP contribution is 2.17. The Labute approximate surface area is 130 Å². The highest BCUT2D eigenvalue weighted by molar-refractivity contribution is 9.10.